The zero-order chi connectivity index (χ0) is 14.3. The number of hydrogen-bond acceptors (Lipinski definition) is 5. The summed E-state index contributed by atoms with van der Waals surface area (Å²) in [4.78, 5) is 10.5. The molecule has 1 aliphatic rings. The molecule has 0 aliphatic carbocycles. The Bertz CT molecular complexity index is 538. The van der Waals surface area contributed by atoms with E-state index in [4.69, 9.17) is 4.74 Å². The van der Waals surface area contributed by atoms with Crippen LogP contribution in [0.15, 0.2) is 42.9 Å². The highest BCUT2D eigenvalue weighted by atomic mass is 16.5. The smallest absolute Gasteiger partial charge is 0.115 e. The molecule has 110 valence electrons. The van der Waals surface area contributed by atoms with E-state index >= 15 is 0 Å². The van der Waals surface area contributed by atoms with Crippen LogP contribution in [-0.2, 0) is 17.8 Å². The molecule has 1 saturated heterocycles. The van der Waals surface area contributed by atoms with Gasteiger partial charge in [-0.2, -0.15) is 0 Å². The maximum absolute atomic E-state index is 5.38. The number of hydrogen-bond donors (Lipinski definition) is 1. The van der Waals surface area contributed by atoms with Crippen LogP contribution >= 0.6 is 0 Å². The van der Waals surface area contributed by atoms with Gasteiger partial charge in [-0.3, -0.25) is 0 Å². The highest BCUT2D eigenvalue weighted by Gasteiger charge is 2.10. The molecule has 1 aromatic heterocycles. The summed E-state index contributed by atoms with van der Waals surface area (Å²) >= 11 is 0. The molecule has 3 rings (SSSR count). The first kappa shape index (κ1) is 14.0. The largest absolute Gasteiger partial charge is 0.378 e. The molecule has 1 aliphatic heterocycles. The topological polar surface area (TPSA) is 50.3 Å². The van der Waals surface area contributed by atoms with Gasteiger partial charge in [0.05, 0.1) is 18.9 Å². The van der Waals surface area contributed by atoms with E-state index in [9.17, 15) is 0 Å². The third-order valence-electron chi connectivity index (χ3n) is 3.59. The molecule has 5 nitrogen and oxygen atoms in total. The lowest BCUT2D eigenvalue weighted by molar-refractivity contribution is 0.122. The van der Waals surface area contributed by atoms with Crippen molar-refractivity contribution in [1.82, 2.24) is 15.3 Å². The third-order valence-corrected chi connectivity index (χ3v) is 3.59. The number of aromatic nitrogens is 2. The summed E-state index contributed by atoms with van der Waals surface area (Å²) in [5, 5.41) is 3.39. The van der Waals surface area contributed by atoms with E-state index in [1.807, 2.05) is 6.07 Å². The van der Waals surface area contributed by atoms with Crippen LogP contribution in [0.4, 0.5) is 5.69 Å². The summed E-state index contributed by atoms with van der Waals surface area (Å²) in [5.41, 5.74) is 3.56. The second-order valence-electron chi connectivity index (χ2n) is 5.07. The fourth-order valence-corrected chi connectivity index (χ4v) is 2.40. The first-order valence-electron chi connectivity index (χ1n) is 7.29. The average Bonchev–Trinajstić information content (AvgIpc) is 2.57. The minimum Gasteiger partial charge on any atom is -0.378 e. The first-order valence-corrected chi connectivity index (χ1v) is 7.29. The molecule has 5 heteroatoms. The van der Waals surface area contributed by atoms with Crippen molar-refractivity contribution in [2.75, 3.05) is 31.2 Å². The molecule has 1 aromatic carbocycles. The third kappa shape index (κ3) is 4.00. The van der Waals surface area contributed by atoms with Gasteiger partial charge in [0.1, 0.15) is 6.33 Å². The van der Waals surface area contributed by atoms with E-state index in [0.29, 0.717) is 0 Å². The van der Waals surface area contributed by atoms with Crippen LogP contribution in [0.2, 0.25) is 0 Å². The van der Waals surface area contributed by atoms with Gasteiger partial charge in [0.15, 0.2) is 0 Å². The van der Waals surface area contributed by atoms with Crippen molar-refractivity contribution >= 4 is 5.69 Å². The Morgan fingerprint density at radius 3 is 2.57 bits per heavy atom. The van der Waals surface area contributed by atoms with E-state index in [1.54, 1.807) is 12.5 Å². The number of benzene rings is 1. The lowest BCUT2D eigenvalue weighted by atomic mass is 10.2. The first-order chi connectivity index (χ1) is 10.4. The zero-order valence-electron chi connectivity index (χ0n) is 12.0. The predicted octanol–water partition coefficient (Wildman–Crippen LogP) is 1.60. The van der Waals surface area contributed by atoms with E-state index in [1.165, 1.54) is 11.3 Å². The van der Waals surface area contributed by atoms with Crippen molar-refractivity contribution in [3.63, 3.8) is 0 Å². The Morgan fingerprint density at radius 1 is 1.05 bits per heavy atom. The van der Waals surface area contributed by atoms with E-state index in [0.717, 1.165) is 45.1 Å². The van der Waals surface area contributed by atoms with Crippen molar-refractivity contribution in [2.24, 2.45) is 0 Å². The molecule has 0 bridgehead atoms. The number of anilines is 1. The van der Waals surface area contributed by atoms with Crippen molar-refractivity contribution in [3.8, 4) is 0 Å². The fourth-order valence-electron chi connectivity index (χ4n) is 2.40. The number of nitrogens with one attached hydrogen (secondary N) is 1. The summed E-state index contributed by atoms with van der Waals surface area (Å²) < 4.78 is 5.38. The van der Waals surface area contributed by atoms with Gasteiger partial charge in [0.25, 0.3) is 0 Å². The van der Waals surface area contributed by atoms with Crippen molar-refractivity contribution < 1.29 is 4.74 Å². The molecule has 0 atom stereocenters. The molecule has 21 heavy (non-hydrogen) atoms. The molecular formula is C16H20N4O. The summed E-state index contributed by atoms with van der Waals surface area (Å²) in [6, 6.07) is 10.7. The highest BCUT2D eigenvalue weighted by molar-refractivity contribution is 5.47. The second-order valence-corrected chi connectivity index (χ2v) is 5.07. The normalized spacial score (nSPS) is 15.1. The van der Waals surface area contributed by atoms with Gasteiger partial charge in [-0.1, -0.05) is 12.1 Å². The Labute approximate surface area is 125 Å². The predicted molar refractivity (Wildman–Crippen MR) is 82.0 cm³/mol. The molecule has 0 spiro atoms. The van der Waals surface area contributed by atoms with Gasteiger partial charge >= 0.3 is 0 Å². The molecule has 1 N–H and O–H groups in total. The van der Waals surface area contributed by atoms with Crippen LogP contribution in [-0.4, -0.2) is 36.3 Å². The number of rotatable bonds is 5. The monoisotopic (exact) mass is 284 g/mol. The Morgan fingerprint density at radius 2 is 1.86 bits per heavy atom. The Hall–Kier alpha value is -1.98. The van der Waals surface area contributed by atoms with Crippen LogP contribution in [0.1, 0.15) is 11.3 Å². The molecule has 2 aromatic rings. The Balaban J connectivity index is 1.50. The van der Waals surface area contributed by atoms with E-state index < -0.39 is 0 Å². The molecule has 0 radical (unpaired) electrons. The van der Waals surface area contributed by atoms with Gasteiger partial charge in [0, 0.05) is 38.1 Å². The summed E-state index contributed by atoms with van der Waals surface area (Å²) in [6.07, 6.45) is 3.34. The fraction of sp³-hybridized carbons (Fsp3) is 0.375. The average molecular weight is 284 g/mol. The summed E-state index contributed by atoms with van der Waals surface area (Å²) in [7, 11) is 0. The van der Waals surface area contributed by atoms with Crippen LogP contribution in [0, 0.1) is 0 Å². The lowest BCUT2D eigenvalue weighted by Gasteiger charge is -2.28. The van der Waals surface area contributed by atoms with Crippen LogP contribution < -0.4 is 10.2 Å². The molecule has 1 fully saturated rings. The number of ether oxygens (including phenoxy) is 1. The van der Waals surface area contributed by atoms with Crippen molar-refractivity contribution in [3.05, 3.63) is 54.1 Å². The van der Waals surface area contributed by atoms with Gasteiger partial charge < -0.3 is 15.0 Å². The minimum absolute atomic E-state index is 0.758. The SMILES string of the molecule is c1cc(CNCc2ccc(N3CCOCC3)cc2)ncn1. The Kier molecular flexibility index (Phi) is 4.76. The number of nitrogens with zero attached hydrogens (tertiary/aromatic N) is 3. The summed E-state index contributed by atoms with van der Waals surface area (Å²) in [6.45, 7) is 5.20. The highest BCUT2D eigenvalue weighted by Crippen LogP contribution is 2.16. The zero-order valence-corrected chi connectivity index (χ0v) is 12.0. The standard InChI is InChI=1S/C16H20N4O/c1-3-16(20-7-9-21-10-8-20)4-2-14(1)11-18-12-15-5-6-17-13-19-15/h1-6,13,18H,7-12H2. The lowest BCUT2D eigenvalue weighted by Crippen LogP contribution is -2.36. The van der Waals surface area contributed by atoms with E-state index in [-0.39, 0.29) is 0 Å². The van der Waals surface area contributed by atoms with Gasteiger partial charge in [0.2, 0.25) is 0 Å². The molecule has 0 amide bonds. The maximum Gasteiger partial charge on any atom is 0.115 e. The van der Waals surface area contributed by atoms with Crippen LogP contribution in [0.5, 0.6) is 0 Å². The molecular weight excluding hydrogens is 264 g/mol. The van der Waals surface area contributed by atoms with Crippen molar-refractivity contribution in [1.29, 1.82) is 0 Å². The van der Waals surface area contributed by atoms with E-state index in [2.05, 4.69) is 44.5 Å². The maximum atomic E-state index is 5.38. The minimum atomic E-state index is 0.758. The summed E-state index contributed by atoms with van der Waals surface area (Å²) in [5.74, 6) is 0. The van der Waals surface area contributed by atoms with Crippen LogP contribution in [0.3, 0.4) is 0 Å². The molecule has 2 heterocycles. The van der Waals surface area contributed by atoms with Crippen molar-refractivity contribution in [2.45, 2.75) is 13.1 Å². The van der Waals surface area contributed by atoms with Crippen LogP contribution in [0.25, 0.3) is 0 Å². The number of morpholine rings is 1. The van der Waals surface area contributed by atoms with Gasteiger partial charge in [-0.25, -0.2) is 9.97 Å². The second kappa shape index (κ2) is 7.15. The quantitative estimate of drug-likeness (QED) is 0.904. The van der Waals surface area contributed by atoms with Gasteiger partial charge in [-0.15, -0.1) is 0 Å². The molecule has 0 unspecified atom stereocenters. The van der Waals surface area contributed by atoms with Gasteiger partial charge in [-0.05, 0) is 23.8 Å². The molecule has 0 saturated carbocycles.